The number of hydrogen-bond donors (Lipinski definition) is 2. The quantitative estimate of drug-likeness (QED) is 0.860. The number of carbonyl (C=O) groups is 2. The van der Waals surface area contributed by atoms with Gasteiger partial charge in [-0.2, -0.15) is 0 Å². The maximum absolute atomic E-state index is 12.3. The molecule has 6 heteroatoms. The average molecular weight is 283 g/mol. The van der Waals surface area contributed by atoms with E-state index in [4.69, 9.17) is 5.11 Å². The summed E-state index contributed by atoms with van der Waals surface area (Å²) < 4.78 is 0. The van der Waals surface area contributed by atoms with Crippen molar-refractivity contribution >= 4 is 23.2 Å². The number of rotatable bonds is 2. The molecule has 0 aromatic carbocycles. The average Bonchev–Trinajstić information content (AvgIpc) is 2.70. The van der Waals surface area contributed by atoms with Gasteiger partial charge in [-0.3, -0.25) is 4.79 Å². The Morgan fingerprint density at radius 3 is 2.32 bits per heavy atom. The zero-order valence-electron chi connectivity index (χ0n) is 11.0. The number of aryl methyl sites for hydroxylation is 1. The Hall–Kier alpha value is -1.40. The SMILES string of the molecule is Cc1scc(C(=O)N2CCC(O)(C(=O)O)CC2)c1C. The van der Waals surface area contributed by atoms with Crippen molar-refractivity contribution in [3.05, 3.63) is 21.4 Å². The molecule has 2 N–H and O–H groups in total. The summed E-state index contributed by atoms with van der Waals surface area (Å²) in [5.41, 5.74) is -0.0199. The summed E-state index contributed by atoms with van der Waals surface area (Å²) in [6.45, 7) is 4.43. The lowest BCUT2D eigenvalue weighted by Crippen LogP contribution is -2.50. The zero-order chi connectivity index (χ0) is 14.2. The number of piperidine rings is 1. The summed E-state index contributed by atoms with van der Waals surface area (Å²) >= 11 is 1.54. The maximum Gasteiger partial charge on any atom is 0.335 e. The van der Waals surface area contributed by atoms with Crippen LogP contribution in [0, 0.1) is 13.8 Å². The van der Waals surface area contributed by atoms with Gasteiger partial charge in [0.15, 0.2) is 5.60 Å². The van der Waals surface area contributed by atoms with Crippen LogP contribution in [-0.4, -0.2) is 45.7 Å². The highest BCUT2D eigenvalue weighted by Gasteiger charge is 2.40. The Morgan fingerprint density at radius 2 is 1.89 bits per heavy atom. The van der Waals surface area contributed by atoms with Gasteiger partial charge in [-0.05, 0) is 19.4 Å². The first-order valence-corrected chi connectivity index (χ1v) is 7.03. The molecule has 1 aromatic heterocycles. The van der Waals surface area contributed by atoms with Crippen LogP contribution in [0.25, 0.3) is 0 Å². The van der Waals surface area contributed by atoms with E-state index >= 15 is 0 Å². The fourth-order valence-electron chi connectivity index (χ4n) is 2.19. The van der Waals surface area contributed by atoms with Gasteiger partial charge in [0.05, 0.1) is 5.56 Å². The molecular formula is C13H17NO4S. The molecule has 1 aromatic rings. The first-order chi connectivity index (χ1) is 8.85. The zero-order valence-corrected chi connectivity index (χ0v) is 11.8. The molecule has 1 saturated heterocycles. The van der Waals surface area contributed by atoms with Gasteiger partial charge in [0.25, 0.3) is 5.91 Å². The van der Waals surface area contributed by atoms with Gasteiger partial charge in [0.1, 0.15) is 0 Å². The van der Waals surface area contributed by atoms with Crippen molar-refractivity contribution in [2.75, 3.05) is 13.1 Å². The summed E-state index contributed by atoms with van der Waals surface area (Å²) in [6.07, 6.45) is 0.159. The molecule has 0 saturated carbocycles. The van der Waals surface area contributed by atoms with Crippen LogP contribution in [0.5, 0.6) is 0 Å². The molecule has 1 aliphatic heterocycles. The van der Waals surface area contributed by atoms with Gasteiger partial charge >= 0.3 is 5.97 Å². The molecule has 0 radical (unpaired) electrons. The number of carboxylic acid groups (broad SMARTS) is 1. The van der Waals surface area contributed by atoms with Crippen molar-refractivity contribution in [1.29, 1.82) is 0 Å². The molecule has 0 aliphatic carbocycles. The largest absolute Gasteiger partial charge is 0.479 e. The molecule has 104 valence electrons. The highest BCUT2D eigenvalue weighted by molar-refractivity contribution is 7.10. The Labute approximate surface area is 115 Å². The van der Waals surface area contributed by atoms with Crippen molar-refractivity contribution in [3.63, 3.8) is 0 Å². The van der Waals surface area contributed by atoms with Crippen molar-refractivity contribution in [1.82, 2.24) is 4.90 Å². The molecule has 1 aliphatic rings. The predicted molar refractivity (Wildman–Crippen MR) is 71.5 cm³/mol. The van der Waals surface area contributed by atoms with Crippen LogP contribution in [0.1, 0.15) is 33.6 Å². The van der Waals surface area contributed by atoms with Gasteiger partial charge in [-0.1, -0.05) is 0 Å². The molecule has 0 unspecified atom stereocenters. The third-order valence-corrected chi connectivity index (χ3v) is 4.81. The van der Waals surface area contributed by atoms with Crippen LogP contribution in [0.2, 0.25) is 0 Å². The molecule has 2 heterocycles. The van der Waals surface area contributed by atoms with Crippen LogP contribution in [-0.2, 0) is 4.79 Å². The van der Waals surface area contributed by atoms with Crippen LogP contribution < -0.4 is 0 Å². The van der Waals surface area contributed by atoms with E-state index in [0.29, 0.717) is 5.56 Å². The van der Waals surface area contributed by atoms with Gasteiger partial charge in [0, 0.05) is 36.2 Å². The Balaban J connectivity index is 2.08. The van der Waals surface area contributed by atoms with Crippen LogP contribution in [0.4, 0.5) is 0 Å². The summed E-state index contributed by atoms with van der Waals surface area (Å²) in [5, 5.41) is 20.6. The molecular weight excluding hydrogens is 266 g/mol. The normalized spacial score (nSPS) is 18.4. The van der Waals surface area contributed by atoms with E-state index < -0.39 is 11.6 Å². The Bertz CT molecular complexity index is 515. The minimum atomic E-state index is -1.68. The number of hydrogen-bond acceptors (Lipinski definition) is 4. The summed E-state index contributed by atoms with van der Waals surface area (Å²) in [4.78, 5) is 26.0. The van der Waals surface area contributed by atoms with E-state index in [0.717, 1.165) is 10.4 Å². The topological polar surface area (TPSA) is 77.8 Å². The molecule has 0 bridgehead atoms. The van der Waals surface area contributed by atoms with E-state index in [1.165, 1.54) is 11.3 Å². The van der Waals surface area contributed by atoms with Crippen molar-refractivity contribution in [2.45, 2.75) is 32.3 Å². The highest BCUT2D eigenvalue weighted by Crippen LogP contribution is 2.26. The molecule has 19 heavy (non-hydrogen) atoms. The van der Waals surface area contributed by atoms with Gasteiger partial charge in [-0.15, -0.1) is 11.3 Å². The number of amides is 1. The summed E-state index contributed by atoms with van der Waals surface area (Å²) in [5.74, 6) is -1.28. The van der Waals surface area contributed by atoms with Gasteiger partial charge in [-0.25, -0.2) is 4.79 Å². The standard InChI is InChI=1S/C13H17NO4S/c1-8-9(2)19-7-10(8)11(15)14-5-3-13(18,4-6-14)12(16)17/h7,18H,3-6H2,1-2H3,(H,16,17). The lowest BCUT2D eigenvalue weighted by atomic mass is 9.91. The second-order valence-corrected chi connectivity index (χ2v) is 6.04. The van der Waals surface area contributed by atoms with Crippen LogP contribution >= 0.6 is 11.3 Å². The van der Waals surface area contributed by atoms with E-state index in [1.807, 2.05) is 19.2 Å². The number of carbonyl (C=O) groups excluding carboxylic acids is 1. The van der Waals surface area contributed by atoms with Crippen molar-refractivity contribution < 1.29 is 19.8 Å². The summed E-state index contributed by atoms with van der Waals surface area (Å²) in [6, 6.07) is 0. The number of nitrogens with zero attached hydrogens (tertiary/aromatic N) is 1. The monoisotopic (exact) mass is 283 g/mol. The van der Waals surface area contributed by atoms with E-state index in [2.05, 4.69) is 0 Å². The van der Waals surface area contributed by atoms with Crippen LogP contribution in [0.15, 0.2) is 5.38 Å². The second kappa shape index (κ2) is 4.94. The summed E-state index contributed by atoms with van der Waals surface area (Å²) in [7, 11) is 0. The van der Waals surface area contributed by atoms with Gasteiger partial charge in [0.2, 0.25) is 0 Å². The van der Waals surface area contributed by atoms with Crippen molar-refractivity contribution in [3.8, 4) is 0 Å². The second-order valence-electron chi connectivity index (χ2n) is 4.96. The van der Waals surface area contributed by atoms with E-state index in [1.54, 1.807) is 4.90 Å². The number of likely N-dealkylation sites (tertiary alicyclic amines) is 1. The van der Waals surface area contributed by atoms with E-state index in [9.17, 15) is 14.7 Å². The van der Waals surface area contributed by atoms with E-state index in [-0.39, 0.29) is 31.8 Å². The third-order valence-electron chi connectivity index (χ3n) is 3.79. The lowest BCUT2D eigenvalue weighted by Gasteiger charge is -2.35. The first kappa shape index (κ1) is 14.0. The molecule has 1 fully saturated rings. The molecule has 0 atom stereocenters. The fraction of sp³-hybridized carbons (Fsp3) is 0.538. The number of carboxylic acids is 1. The first-order valence-electron chi connectivity index (χ1n) is 6.15. The lowest BCUT2D eigenvalue weighted by molar-refractivity contribution is -0.162. The molecule has 1 amide bonds. The third kappa shape index (κ3) is 2.50. The predicted octanol–water partition coefficient (Wildman–Crippen LogP) is 1.42. The molecule has 0 spiro atoms. The maximum atomic E-state index is 12.3. The minimum absolute atomic E-state index is 0.0747. The Kier molecular flexibility index (Phi) is 3.64. The van der Waals surface area contributed by atoms with Gasteiger partial charge < -0.3 is 15.1 Å². The molecule has 5 nitrogen and oxygen atoms in total. The molecule has 2 rings (SSSR count). The highest BCUT2D eigenvalue weighted by atomic mass is 32.1. The van der Waals surface area contributed by atoms with Crippen LogP contribution in [0.3, 0.4) is 0 Å². The smallest absolute Gasteiger partial charge is 0.335 e. The Morgan fingerprint density at radius 1 is 1.32 bits per heavy atom. The fourth-order valence-corrected chi connectivity index (χ4v) is 3.05. The minimum Gasteiger partial charge on any atom is -0.479 e. The number of aliphatic carboxylic acids is 1. The van der Waals surface area contributed by atoms with Crippen molar-refractivity contribution in [2.24, 2.45) is 0 Å². The number of thiophene rings is 1. The number of aliphatic hydroxyl groups is 1.